The first kappa shape index (κ1) is 17.2. The van der Waals surface area contributed by atoms with Crippen molar-refractivity contribution in [3.05, 3.63) is 34.1 Å². The zero-order valence-corrected chi connectivity index (χ0v) is 14.2. The van der Waals surface area contributed by atoms with Crippen molar-refractivity contribution in [1.82, 2.24) is 29.2 Å². The van der Waals surface area contributed by atoms with Gasteiger partial charge in [-0.1, -0.05) is 0 Å². The standard InChI is InChI=1S/C15H16N6O5/c1-7-9(5-4-8(13(23)24)19-15(25)26-3)21-12(22)10-11(17-6-16-10)20(2)14(21)18-7/h4-6,8H,1-3H3,(H,16,17)(H,19,25)(H,23,24)/b5-4+. The Balaban J connectivity index is 2.14. The summed E-state index contributed by atoms with van der Waals surface area (Å²) < 4.78 is 7.41. The number of carbonyl (C=O) groups is 2. The van der Waals surface area contributed by atoms with Crippen molar-refractivity contribution in [1.29, 1.82) is 0 Å². The molecule has 1 atom stereocenters. The number of fused-ring (bicyclic) bond motifs is 2. The van der Waals surface area contributed by atoms with Crippen LogP contribution in [0.3, 0.4) is 0 Å². The zero-order chi connectivity index (χ0) is 19.0. The fourth-order valence-electron chi connectivity index (χ4n) is 2.62. The predicted octanol–water partition coefficient (Wildman–Crippen LogP) is 0.0401. The minimum Gasteiger partial charge on any atom is -0.479 e. The summed E-state index contributed by atoms with van der Waals surface area (Å²) in [6.07, 6.45) is 3.20. The topological polar surface area (TPSA) is 144 Å². The summed E-state index contributed by atoms with van der Waals surface area (Å²) in [4.78, 5) is 46.6. The number of alkyl carbamates (subject to hydrolysis) is 1. The molecule has 0 bridgehead atoms. The quantitative estimate of drug-likeness (QED) is 0.596. The van der Waals surface area contributed by atoms with E-state index in [1.165, 1.54) is 22.9 Å². The molecule has 0 radical (unpaired) electrons. The average Bonchev–Trinajstić information content (AvgIpc) is 3.21. The molecule has 3 rings (SSSR count). The average molecular weight is 360 g/mol. The van der Waals surface area contributed by atoms with Gasteiger partial charge in [-0.15, -0.1) is 0 Å². The van der Waals surface area contributed by atoms with Gasteiger partial charge in [-0.2, -0.15) is 0 Å². The SMILES string of the molecule is COC(=O)NC(/C=C/c1c(C)nc2n(C)c3nc[nH]c3c(=O)n12)C(=O)O. The van der Waals surface area contributed by atoms with E-state index in [0.717, 1.165) is 7.11 Å². The first-order chi connectivity index (χ1) is 12.3. The summed E-state index contributed by atoms with van der Waals surface area (Å²) in [5.41, 5.74) is 1.31. The highest BCUT2D eigenvalue weighted by Gasteiger charge is 2.19. The van der Waals surface area contributed by atoms with E-state index in [4.69, 9.17) is 0 Å². The Hall–Kier alpha value is -3.63. The number of ether oxygens (including phenoxy) is 1. The Kier molecular flexibility index (Phi) is 4.20. The number of aliphatic carboxylic acids is 1. The Labute approximate surface area is 145 Å². The molecule has 0 aliphatic rings. The van der Waals surface area contributed by atoms with Crippen molar-refractivity contribution in [2.24, 2.45) is 7.05 Å². The van der Waals surface area contributed by atoms with Gasteiger partial charge in [0.05, 0.1) is 24.8 Å². The molecule has 3 aromatic rings. The van der Waals surface area contributed by atoms with Crippen molar-refractivity contribution in [3.63, 3.8) is 0 Å². The van der Waals surface area contributed by atoms with Gasteiger partial charge < -0.3 is 20.1 Å². The second-order valence-corrected chi connectivity index (χ2v) is 5.49. The van der Waals surface area contributed by atoms with E-state index in [1.807, 2.05) is 0 Å². The number of nitrogens with zero attached hydrogens (tertiary/aromatic N) is 4. The van der Waals surface area contributed by atoms with Crippen LogP contribution in [0, 0.1) is 6.92 Å². The number of rotatable bonds is 4. The lowest BCUT2D eigenvalue weighted by Gasteiger charge is -2.09. The third-order valence-electron chi connectivity index (χ3n) is 3.90. The molecule has 0 aliphatic carbocycles. The van der Waals surface area contributed by atoms with Crippen molar-refractivity contribution in [2.45, 2.75) is 13.0 Å². The van der Waals surface area contributed by atoms with Gasteiger partial charge in [0.25, 0.3) is 5.56 Å². The number of aromatic amines is 1. The molecule has 0 fully saturated rings. The van der Waals surface area contributed by atoms with Crippen molar-refractivity contribution in [3.8, 4) is 0 Å². The van der Waals surface area contributed by atoms with Gasteiger partial charge in [0, 0.05) is 7.05 Å². The minimum atomic E-state index is -1.33. The molecule has 26 heavy (non-hydrogen) atoms. The van der Waals surface area contributed by atoms with Crippen molar-refractivity contribution >= 4 is 35.1 Å². The number of methoxy groups -OCH3 is 1. The van der Waals surface area contributed by atoms with Crippen LogP contribution in [0.4, 0.5) is 4.79 Å². The highest BCUT2D eigenvalue weighted by atomic mass is 16.5. The Morgan fingerprint density at radius 3 is 2.85 bits per heavy atom. The fraction of sp³-hybridized carbons (Fsp3) is 0.267. The van der Waals surface area contributed by atoms with Gasteiger partial charge in [-0.25, -0.2) is 24.0 Å². The van der Waals surface area contributed by atoms with E-state index in [9.17, 15) is 19.5 Å². The lowest BCUT2D eigenvalue weighted by molar-refractivity contribution is -0.138. The summed E-state index contributed by atoms with van der Waals surface area (Å²) in [6.45, 7) is 1.69. The van der Waals surface area contributed by atoms with E-state index in [0.29, 0.717) is 28.3 Å². The number of imidazole rings is 2. The smallest absolute Gasteiger partial charge is 0.407 e. The third-order valence-corrected chi connectivity index (χ3v) is 3.90. The number of carbonyl (C=O) groups excluding carboxylic acids is 1. The molecular weight excluding hydrogens is 344 g/mol. The van der Waals surface area contributed by atoms with Gasteiger partial charge in [0.1, 0.15) is 11.6 Å². The monoisotopic (exact) mass is 360 g/mol. The van der Waals surface area contributed by atoms with Gasteiger partial charge in [-0.3, -0.25) is 9.36 Å². The Bertz CT molecular complexity index is 1110. The predicted molar refractivity (Wildman–Crippen MR) is 90.8 cm³/mol. The lowest BCUT2D eigenvalue weighted by Crippen LogP contribution is -2.39. The molecule has 0 spiro atoms. The molecule has 1 unspecified atom stereocenters. The van der Waals surface area contributed by atoms with Crippen LogP contribution in [0.2, 0.25) is 0 Å². The first-order valence-electron chi connectivity index (χ1n) is 7.51. The number of nitrogens with one attached hydrogen (secondary N) is 2. The maximum atomic E-state index is 12.7. The summed E-state index contributed by atoms with van der Waals surface area (Å²) in [7, 11) is 2.85. The van der Waals surface area contributed by atoms with Gasteiger partial charge in [-0.05, 0) is 19.1 Å². The molecular formula is C15H16N6O5. The molecule has 136 valence electrons. The maximum Gasteiger partial charge on any atom is 0.407 e. The second-order valence-electron chi connectivity index (χ2n) is 5.49. The van der Waals surface area contributed by atoms with Crippen LogP contribution in [-0.4, -0.2) is 54.2 Å². The van der Waals surface area contributed by atoms with Crippen LogP contribution in [0.1, 0.15) is 11.4 Å². The van der Waals surface area contributed by atoms with Crippen LogP contribution < -0.4 is 10.9 Å². The molecule has 0 saturated carbocycles. The number of aryl methyl sites for hydroxylation is 2. The fourth-order valence-corrected chi connectivity index (χ4v) is 2.62. The van der Waals surface area contributed by atoms with E-state index in [2.05, 4.69) is 25.0 Å². The second kappa shape index (κ2) is 6.35. The summed E-state index contributed by atoms with van der Waals surface area (Å²) in [6, 6.07) is -1.33. The Morgan fingerprint density at radius 2 is 2.19 bits per heavy atom. The number of aromatic nitrogens is 5. The van der Waals surface area contributed by atoms with Gasteiger partial charge >= 0.3 is 12.1 Å². The lowest BCUT2D eigenvalue weighted by atomic mass is 10.2. The summed E-state index contributed by atoms with van der Waals surface area (Å²) >= 11 is 0. The molecule has 1 amide bonds. The van der Waals surface area contributed by atoms with Crippen LogP contribution in [0.15, 0.2) is 17.2 Å². The first-order valence-corrected chi connectivity index (χ1v) is 7.51. The molecule has 11 heteroatoms. The van der Waals surface area contributed by atoms with E-state index >= 15 is 0 Å². The number of carboxylic acids is 1. The normalized spacial score (nSPS) is 12.7. The van der Waals surface area contributed by atoms with Crippen LogP contribution in [0.5, 0.6) is 0 Å². The highest BCUT2D eigenvalue weighted by molar-refractivity contribution is 5.83. The number of hydrogen-bond acceptors (Lipinski definition) is 6. The van der Waals surface area contributed by atoms with E-state index in [1.54, 1.807) is 18.5 Å². The molecule has 0 aromatic carbocycles. The minimum absolute atomic E-state index is 0.300. The number of amides is 1. The summed E-state index contributed by atoms with van der Waals surface area (Å²) in [5.74, 6) is -0.915. The number of hydrogen-bond donors (Lipinski definition) is 3. The van der Waals surface area contributed by atoms with Gasteiger partial charge in [0.2, 0.25) is 5.78 Å². The van der Waals surface area contributed by atoms with Gasteiger partial charge in [0.15, 0.2) is 5.65 Å². The molecule has 3 N–H and O–H groups in total. The van der Waals surface area contributed by atoms with E-state index < -0.39 is 18.1 Å². The largest absolute Gasteiger partial charge is 0.479 e. The molecule has 3 aromatic heterocycles. The van der Waals surface area contributed by atoms with Crippen LogP contribution in [-0.2, 0) is 16.6 Å². The van der Waals surface area contributed by atoms with Crippen molar-refractivity contribution < 1.29 is 19.4 Å². The Morgan fingerprint density at radius 1 is 1.46 bits per heavy atom. The number of carboxylic acid groups (broad SMARTS) is 1. The molecule has 3 heterocycles. The third kappa shape index (κ3) is 2.68. The summed E-state index contributed by atoms with van der Waals surface area (Å²) in [5, 5.41) is 11.4. The highest BCUT2D eigenvalue weighted by Crippen LogP contribution is 2.15. The zero-order valence-electron chi connectivity index (χ0n) is 14.2. The molecule has 11 nitrogen and oxygen atoms in total. The molecule has 0 aliphatic heterocycles. The number of H-pyrrole nitrogens is 1. The maximum absolute atomic E-state index is 12.7. The van der Waals surface area contributed by atoms with Crippen LogP contribution in [0.25, 0.3) is 23.0 Å². The van der Waals surface area contributed by atoms with E-state index in [-0.39, 0.29) is 5.56 Å². The van der Waals surface area contributed by atoms with Crippen molar-refractivity contribution in [2.75, 3.05) is 7.11 Å². The molecule has 0 saturated heterocycles. The van der Waals surface area contributed by atoms with Crippen LogP contribution >= 0.6 is 0 Å².